The van der Waals surface area contributed by atoms with Crippen molar-refractivity contribution in [3.05, 3.63) is 41.6 Å². The summed E-state index contributed by atoms with van der Waals surface area (Å²) < 4.78 is 10.7. The van der Waals surface area contributed by atoms with E-state index in [1.807, 2.05) is 18.2 Å². The van der Waals surface area contributed by atoms with Crippen LogP contribution in [0.3, 0.4) is 0 Å². The highest BCUT2D eigenvalue weighted by atomic mass is 16.6. The number of hydrogen-bond donors (Lipinski definition) is 3. The number of benzene rings is 1. The van der Waals surface area contributed by atoms with Gasteiger partial charge in [-0.05, 0) is 63.3 Å². The summed E-state index contributed by atoms with van der Waals surface area (Å²) in [6, 6.07) is 7.81. The summed E-state index contributed by atoms with van der Waals surface area (Å²) in [5, 5.41) is 9.89. The van der Waals surface area contributed by atoms with E-state index in [0.717, 1.165) is 24.1 Å². The fraction of sp³-hybridized carbons (Fsp3) is 0.444. The maximum atomic E-state index is 12.7. The van der Waals surface area contributed by atoms with E-state index in [-0.39, 0.29) is 12.5 Å². The predicted octanol–water partition coefficient (Wildman–Crippen LogP) is 3.65. The van der Waals surface area contributed by atoms with Crippen LogP contribution < -0.4 is 16.4 Å². The predicted molar refractivity (Wildman–Crippen MR) is 144 cm³/mol. The van der Waals surface area contributed by atoms with Gasteiger partial charge in [0.2, 0.25) is 11.7 Å². The van der Waals surface area contributed by atoms with Gasteiger partial charge < -0.3 is 30.5 Å². The number of aromatic nitrogens is 3. The number of alkyl carbamates (subject to hydrolysis) is 1. The lowest BCUT2D eigenvalue weighted by molar-refractivity contribution is -0.130. The first-order valence-electron chi connectivity index (χ1n) is 12.8. The summed E-state index contributed by atoms with van der Waals surface area (Å²) in [7, 11) is 0. The molecule has 0 saturated carbocycles. The van der Waals surface area contributed by atoms with Gasteiger partial charge in [-0.1, -0.05) is 24.2 Å². The third-order valence-electron chi connectivity index (χ3n) is 6.03. The second kappa shape index (κ2) is 11.5. The van der Waals surface area contributed by atoms with Crippen LogP contribution in [0.1, 0.15) is 45.2 Å². The molecule has 3 aromatic rings. The lowest BCUT2D eigenvalue weighted by Crippen LogP contribution is -2.42. The maximum Gasteiger partial charge on any atom is 0.408 e. The molecule has 0 saturated heterocycles. The SMILES string of the molecule is CCCNc1ncc(-c2nc(-c3ccc4c(c3)CCN(C(=O)CNC(=O)OC(C)(C)C)CC4)no2)cc1N. The molecule has 1 aliphatic heterocycles. The lowest BCUT2D eigenvalue weighted by Gasteiger charge is -2.22. The first-order chi connectivity index (χ1) is 18.1. The third kappa shape index (κ3) is 6.78. The number of fused-ring (bicyclic) bond motifs is 1. The number of anilines is 2. The Bertz CT molecular complexity index is 1300. The molecule has 3 heterocycles. The molecule has 0 aliphatic carbocycles. The molecule has 0 radical (unpaired) electrons. The largest absolute Gasteiger partial charge is 0.444 e. The summed E-state index contributed by atoms with van der Waals surface area (Å²) >= 11 is 0. The van der Waals surface area contributed by atoms with Crippen molar-refractivity contribution in [3.63, 3.8) is 0 Å². The molecular weight excluding hydrogens is 486 g/mol. The summed E-state index contributed by atoms with van der Waals surface area (Å²) in [5.41, 5.74) is 9.79. The van der Waals surface area contributed by atoms with Crippen LogP contribution in [0.4, 0.5) is 16.3 Å². The molecule has 2 amide bonds. The van der Waals surface area contributed by atoms with Gasteiger partial charge in [0.1, 0.15) is 18.0 Å². The minimum absolute atomic E-state index is 0.100. The van der Waals surface area contributed by atoms with Crippen LogP contribution >= 0.6 is 0 Å². The van der Waals surface area contributed by atoms with Crippen LogP contribution in [-0.2, 0) is 22.4 Å². The first-order valence-corrected chi connectivity index (χ1v) is 12.8. The van der Waals surface area contributed by atoms with Gasteiger partial charge in [0.15, 0.2) is 0 Å². The molecule has 1 aliphatic rings. The zero-order valence-electron chi connectivity index (χ0n) is 22.3. The molecule has 2 aromatic heterocycles. The molecule has 0 atom stereocenters. The molecule has 4 N–H and O–H groups in total. The van der Waals surface area contributed by atoms with Gasteiger partial charge in [-0.3, -0.25) is 4.79 Å². The quantitative estimate of drug-likeness (QED) is 0.423. The number of ether oxygens (including phenoxy) is 1. The second-order valence-corrected chi connectivity index (χ2v) is 10.2. The van der Waals surface area contributed by atoms with Crippen LogP contribution in [0.25, 0.3) is 22.8 Å². The van der Waals surface area contributed by atoms with Crippen molar-refractivity contribution in [2.45, 2.75) is 52.6 Å². The van der Waals surface area contributed by atoms with Gasteiger partial charge in [0, 0.05) is 31.4 Å². The van der Waals surface area contributed by atoms with E-state index in [9.17, 15) is 9.59 Å². The number of nitrogen functional groups attached to an aromatic ring is 1. The highest BCUT2D eigenvalue weighted by molar-refractivity contribution is 5.82. The van der Waals surface area contributed by atoms with Crippen LogP contribution in [-0.4, -0.2) is 63.8 Å². The van der Waals surface area contributed by atoms with Crippen LogP contribution in [0.5, 0.6) is 0 Å². The van der Waals surface area contributed by atoms with Crippen molar-refractivity contribution in [2.24, 2.45) is 0 Å². The minimum atomic E-state index is -0.616. The Morgan fingerprint density at radius 3 is 2.61 bits per heavy atom. The van der Waals surface area contributed by atoms with Gasteiger partial charge >= 0.3 is 6.09 Å². The van der Waals surface area contributed by atoms with Gasteiger partial charge in [-0.15, -0.1) is 0 Å². The molecule has 0 bridgehead atoms. The number of hydrogen-bond acceptors (Lipinski definition) is 9. The number of amides is 2. The van der Waals surface area contributed by atoms with Gasteiger partial charge in [0.05, 0.1) is 11.3 Å². The summed E-state index contributed by atoms with van der Waals surface area (Å²) in [4.78, 5) is 35.3. The number of rotatable bonds is 7. The van der Waals surface area contributed by atoms with Crippen molar-refractivity contribution in [2.75, 3.05) is 37.2 Å². The Balaban J connectivity index is 1.40. The molecule has 4 rings (SSSR count). The molecule has 0 unspecified atom stereocenters. The van der Waals surface area contributed by atoms with E-state index < -0.39 is 11.7 Å². The molecule has 11 nitrogen and oxygen atoms in total. The average Bonchev–Trinajstić information content (AvgIpc) is 3.26. The fourth-order valence-corrected chi connectivity index (χ4v) is 4.14. The zero-order valence-corrected chi connectivity index (χ0v) is 22.3. The molecule has 202 valence electrons. The van der Waals surface area contributed by atoms with Gasteiger partial charge in [-0.2, -0.15) is 4.98 Å². The van der Waals surface area contributed by atoms with Crippen molar-refractivity contribution in [1.82, 2.24) is 25.3 Å². The van der Waals surface area contributed by atoms with Crippen molar-refractivity contribution in [1.29, 1.82) is 0 Å². The number of carbonyl (C=O) groups is 2. The lowest BCUT2D eigenvalue weighted by atomic mass is 10.00. The number of carbonyl (C=O) groups excluding carboxylic acids is 2. The summed E-state index contributed by atoms with van der Waals surface area (Å²) in [6.45, 7) is 9.21. The Kier molecular flexibility index (Phi) is 8.13. The molecule has 11 heteroatoms. The average molecular weight is 522 g/mol. The van der Waals surface area contributed by atoms with E-state index in [2.05, 4.69) is 32.7 Å². The summed E-state index contributed by atoms with van der Waals surface area (Å²) in [6.07, 6.45) is 3.42. The normalized spacial score (nSPS) is 13.4. The topological polar surface area (TPSA) is 148 Å². The van der Waals surface area contributed by atoms with Crippen molar-refractivity contribution < 1.29 is 18.8 Å². The number of nitrogens with zero attached hydrogens (tertiary/aromatic N) is 4. The minimum Gasteiger partial charge on any atom is -0.444 e. The Morgan fingerprint density at radius 2 is 1.89 bits per heavy atom. The Labute approximate surface area is 222 Å². The first kappa shape index (κ1) is 26.9. The molecule has 0 spiro atoms. The van der Waals surface area contributed by atoms with E-state index in [4.69, 9.17) is 15.0 Å². The highest BCUT2D eigenvalue weighted by Gasteiger charge is 2.22. The van der Waals surface area contributed by atoms with Crippen LogP contribution in [0.15, 0.2) is 35.0 Å². The summed E-state index contributed by atoms with van der Waals surface area (Å²) in [5.74, 6) is 1.29. The van der Waals surface area contributed by atoms with Crippen molar-refractivity contribution >= 4 is 23.5 Å². The van der Waals surface area contributed by atoms with Gasteiger partial charge in [0.25, 0.3) is 5.89 Å². The van der Waals surface area contributed by atoms with E-state index >= 15 is 0 Å². The van der Waals surface area contributed by atoms with Crippen LogP contribution in [0.2, 0.25) is 0 Å². The van der Waals surface area contributed by atoms with E-state index in [1.54, 1.807) is 37.9 Å². The smallest absolute Gasteiger partial charge is 0.408 e. The van der Waals surface area contributed by atoms with E-state index in [1.165, 1.54) is 5.56 Å². The standard InChI is InChI=1S/C27H35N7O4/c1-5-10-29-24-21(28)14-20(15-30-24)25-32-23(33-38-25)19-7-6-17-8-11-34(12-9-18(17)13-19)22(35)16-31-26(36)37-27(2,3)4/h6-7,13-15H,5,8-12,16,28H2,1-4H3,(H,29,30)(H,31,36). The zero-order chi connectivity index (χ0) is 27.3. The van der Waals surface area contributed by atoms with Gasteiger partial charge in [-0.25, -0.2) is 9.78 Å². The second-order valence-electron chi connectivity index (χ2n) is 10.2. The maximum absolute atomic E-state index is 12.7. The van der Waals surface area contributed by atoms with Crippen LogP contribution in [0, 0.1) is 0 Å². The third-order valence-corrected chi connectivity index (χ3v) is 6.03. The number of nitrogens with two attached hydrogens (primary N) is 1. The molecule has 1 aromatic carbocycles. The Hall–Kier alpha value is -4.15. The van der Waals surface area contributed by atoms with E-state index in [0.29, 0.717) is 54.7 Å². The molecular formula is C27H35N7O4. The molecule has 38 heavy (non-hydrogen) atoms. The molecule has 0 fully saturated rings. The number of pyridine rings is 1. The monoisotopic (exact) mass is 521 g/mol. The fourth-order valence-electron chi connectivity index (χ4n) is 4.14. The van der Waals surface area contributed by atoms with Crippen molar-refractivity contribution in [3.8, 4) is 22.8 Å². The number of nitrogens with one attached hydrogen (secondary N) is 2. The Morgan fingerprint density at radius 1 is 1.13 bits per heavy atom. The highest BCUT2D eigenvalue weighted by Crippen LogP contribution is 2.28.